The largest absolute Gasteiger partial charge is 0.486 e. The van der Waals surface area contributed by atoms with Crippen molar-refractivity contribution in [2.45, 2.75) is 6.92 Å². The number of pyridine rings is 1. The molecule has 9 nitrogen and oxygen atoms in total. The number of hydrogen-bond acceptors (Lipinski definition) is 7. The smallest absolute Gasteiger partial charge is 0.343 e. The van der Waals surface area contributed by atoms with Gasteiger partial charge in [-0.1, -0.05) is 0 Å². The van der Waals surface area contributed by atoms with E-state index < -0.39 is 5.97 Å². The van der Waals surface area contributed by atoms with Crippen LogP contribution in [-0.4, -0.2) is 45.0 Å². The summed E-state index contributed by atoms with van der Waals surface area (Å²) in [5.41, 5.74) is 1.53. The number of hydrogen-bond donors (Lipinski definition) is 0. The summed E-state index contributed by atoms with van der Waals surface area (Å²) in [6.45, 7) is 2.95. The summed E-state index contributed by atoms with van der Waals surface area (Å²) in [5, 5.41) is 4.59. The van der Waals surface area contributed by atoms with Crippen LogP contribution in [0.3, 0.4) is 0 Å². The molecule has 0 N–H and O–H groups in total. The third kappa shape index (κ3) is 2.70. The van der Waals surface area contributed by atoms with E-state index in [1.165, 1.54) is 21.5 Å². The van der Waals surface area contributed by atoms with Crippen LogP contribution >= 0.6 is 0 Å². The Kier molecular flexibility index (Phi) is 3.94. The van der Waals surface area contributed by atoms with Gasteiger partial charge in [0.05, 0.1) is 29.4 Å². The van der Waals surface area contributed by atoms with E-state index >= 15 is 0 Å². The Balaban J connectivity index is 1.65. The van der Waals surface area contributed by atoms with Crippen molar-refractivity contribution in [2.75, 3.05) is 19.8 Å². The molecule has 0 bridgehead atoms. The number of carbonyl (C=O) groups is 1. The normalized spacial score (nSPS) is 13.0. The predicted molar refractivity (Wildman–Crippen MR) is 103 cm³/mol. The van der Waals surface area contributed by atoms with Gasteiger partial charge < -0.3 is 14.2 Å². The molecule has 4 heterocycles. The van der Waals surface area contributed by atoms with Crippen LogP contribution in [0, 0.1) is 0 Å². The Morgan fingerprint density at radius 3 is 2.83 bits per heavy atom. The van der Waals surface area contributed by atoms with E-state index in [0.717, 1.165) is 0 Å². The van der Waals surface area contributed by atoms with Crippen molar-refractivity contribution in [3.8, 4) is 17.2 Å². The van der Waals surface area contributed by atoms with Crippen LogP contribution in [0.1, 0.15) is 17.3 Å². The second-order valence-electron chi connectivity index (χ2n) is 6.39. The molecule has 4 aromatic rings. The minimum absolute atomic E-state index is 0.254. The molecule has 146 valence electrons. The maximum absolute atomic E-state index is 13.1. The molecule has 0 saturated carbocycles. The van der Waals surface area contributed by atoms with E-state index in [4.69, 9.17) is 14.2 Å². The molecule has 29 heavy (non-hydrogen) atoms. The molecule has 0 radical (unpaired) electrons. The minimum atomic E-state index is -0.501. The van der Waals surface area contributed by atoms with Crippen LogP contribution in [0.2, 0.25) is 0 Å². The molecule has 3 aromatic heterocycles. The highest BCUT2D eigenvalue weighted by atomic mass is 16.6. The molecule has 0 saturated heterocycles. The fourth-order valence-corrected chi connectivity index (χ4v) is 3.35. The van der Waals surface area contributed by atoms with Crippen LogP contribution in [0.15, 0.2) is 47.7 Å². The van der Waals surface area contributed by atoms with Gasteiger partial charge >= 0.3 is 5.97 Å². The quantitative estimate of drug-likeness (QED) is 0.492. The molecular weight excluding hydrogens is 376 g/mol. The highest BCUT2D eigenvalue weighted by molar-refractivity contribution is 5.97. The van der Waals surface area contributed by atoms with E-state index in [-0.39, 0.29) is 17.7 Å². The summed E-state index contributed by atoms with van der Waals surface area (Å²) in [6, 6.07) is 7.09. The summed E-state index contributed by atoms with van der Waals surface area (Å²) < 4.78 is 19.1. The number of nitrogens with zero attached hydrogens (tertiary/aromatic N) is 4. The topological polar surface area (TPSA) is 97.0 Å². The SMILES string of the molecule is CCOC(=O)c1cnn2c1ncc1c(=O)n(-c3ccc4c(c3)OCCO4)ccc12. The number of aromatic nitrogens is 4. The molecule has 0 fully saturated rings. The maximum Gasteiger partial charge on any atom is 0.343 e. The van der Waals surface area contributed by atoms with Crippen molar-refractivity contribution in [1.29, 1.82) is 0 Å². The number of fused-ring (bicyclic) bond motifs is 4. The highest BCUT2D eigenvalue weighted by Gasteiger charge is 2.18. The number of benzene rings is 1. The van der Waals surface area contributed by atoms with Crippen LogP contribution in [0.4, 0.5) is 0 Å². The first kappa shape index (κ1) is 17.2. The zero-order valence-corrected chi connectivity index (χ0v) is 15.5. The molecule has 5 rings (SSSR count). The van der Waals surface area contributed by atoms with E-state index in [0.29, 0.717) is 47.0 Å². The Labute approximate surface area is 164 Å². The van der Waals surface area contributed by atoms with Crippen molar-refractivity contribution in [1.82, 2.24) is 19.2 Å². The molecule has 0 amide bonds. The number of ether oxygens (including phenoxy) is 3. The van der Waals surface area contributed by atoms with Crippen molar-refractivity contribution >= 4 is 22.5 Å². The third-order valence-corrected chi connectivity index (χ3v) is 4.69. The number of carbonyl (C=O) groups excluding carboxylic acids is 1. The van der Waals surface area contributed by atoms with Gasteiger partial charge in [-0.05, 0) is 25.1 Å². The molecule has 9 heteroatoms. The Morgan fingerprint density at radius 1 is 1.17 bits per heavy atom. The van der Waals surface area contributed by atoms with Crippen LogP contribution in [0.5, 0.6) is 11.5 Å². The Morgan fingerprint density at radius 2 is 2.00 bits per heavy atom. The summed E-state index contributed by atoms with van der Waals surface area (Å²) in [7, 11) is 0. The van der Waals surface area contributed by atoms with E-state index in [1.807, 2.05) is 0 Å². The monoisotopic (exact) mass is 392 g/mol. The van der Waals surface area contributed by atoms with Gasteiger partial charge in [0.1, 0.15) is 18.8 Å². The number of rotatable bonds is 3. The standard InChI is InChI=1S/C20H16N4O5/c1-2-27-20(26)14-11-22-24-15-5-6-23(19(25)13(15)10-21-18(14)24)12-3-4-16-17(9-12)29-8-7-28-16/h3-6,9-11H,2,7-8H2,1H3. The molecular formula is C20H16N4O5. The van der Waals surface area contributed by atoms with Crippen molar-refractivity contribution in [2.24, 2.45) is 0 Å². The second kappa shape index (κ2) is 6.62. The lowest BCUT2D eigenvalue weighted by atomic mass is 10.2. The van der Waals surface area contributed by atoms with Gasteiger partial charge in [-0.15, -0.1) is 0 Å². The molecule has 1 aliphatic heterocycles. The Hall–Kier alpha value is -3.88. The van der Waals surface area contributed by atoms with Crippen LogP contribution in [-0.2, 0) is 4.74 Å². The Bertz CT molecular complexity index is 1320. The molecule has 0 unspecified atom stereocenters. The average molecular weight is 392 g/mol. The predicted octanol–water partition coefficient (Wildman–Crippen LogP) is 1.98. The molecule has 0 spiro atoms. The highest BCUT2D eigenvalue weighted by Crippen LogP contribution is 2.31. The van der Waals surface area contributed by atoms with Crippen molar-refractivity contribution in [3.63, 3.8) is 0 Å². The van der Waals surface area contributed by atoms with E-state index in [9.17, 15) is 9.59 Å². The first-order valence-corrected chi connectivity index (χ1v) is 9.12. The lowest BCUT2D eigenvalue weighted by Gasteiger charge is -2.19. The summed E-state index contributed by atoms with van der Waals surface area (Å²) in [4.78, 5) is 29.5. The van der Waals surface area contributed by atoms with Gasteiger partial charge in [0.25, 0.3) is 5.56 Å². The molecule has 1 aliphatic rings. The van der Waals surface area contributed by atoms with E-state index in [1.54, 1.807) is 37.4 Å². The summed E-state index contributed by atoms with van der Waals surface area (Å²) in [5.74, 6) is 0.750. The van der Waals surface area contributed by atoms with Crippen molar-refractivity contribution < 1.29 is 19.0 Å². The average Bonchev–Trinajstić information content (AvgIpc) is 3.18. The lowest BCUT2D eigenvalue weighted by Crippen LogP contribution is -2.20. The zero-order chi connectivity index (χ0) is 20.0. The second-order valence-corrected chi connectivity index (χ2v) is 6.39. The molecule has 0 atom stereocenters. The minimum Gasteiger partial charge on any atom is -0.486 e. The summed E-state index contributed by atoms with van der Waals surface area (Å²) >= 11 is 0. The fraction of sp³-hybridized carbons (Fsp3) is 0.200. The van der Waals surface area contributed by atoms with Gasteiger partial charge in [-0.2, -0.15) is 5.10 Å². The van der Waals surface area contributed by atoms with E-state index in [2.05, 4.69) is 10.1 Å². The third-order valence-electron chi connectivity index (χ3n) is 4.69. The molecule has 1 aromatic carbocycles. The van der Waals surface area contributed by atoms with Gasteiger partial charge in [0.15, 0.2) is 17.1 Å². The van der Waals surface area contributed by atoms with Crippen LogP contribution < -0.4 is 15.0 Å². The van der Waals surface area contributed by atoms with Gasteiger partial charge in [0, 0.05) is 18.5 Å². The molecule has 0 aliphatic carbocycles. The fourth-order valence-electron chi connectivity index (χ4n) is 3.35. The maximum atomic E-state index is 13.1. The van der Waals surface area contributed by atoms with Gasteiger partial charge in [-0.25, -0.2) is 14.3 Å². The first-order chi connectivity index (χ1) is 14.2. The van der Waals surface area contributed by atoms with Crippen LogP contribution in [0.25, 0.3) is 22.2 Å². The lowest BCUT2D eigenvalue weighted by molar-refractivity contribution is 0.0528. The summed E-state index contributed by atoms with van der Waals surface area (Å²) in [6.07, 6.45) is 4.50. The van der Waals surface area contributed by atoms with Gasteiger partial charge in [-0.3, -0.25) is 9.36 Å². The number of esters is 1. The van der Waals surface area contributed by atoms with Crippen molar-refractivity contribution in [3.05, 3.63) is 58.8 Å². The first-order valence-electron chi connectivity index (χ1n) is 9.12. The van der Waals surface area contributed by atoms with Gasteiger partial charge in [0.2, 0.25) is 0 Å². The zero-order valence-electron chi connectivity index (χ0n) is 15.5.